The van der Waals surface area contributed by atoms with E-state index in [0.717, 1.165) is 41.2 Å². The number of fused-ring (bicyclic) bond motifs is 2. The maximum absolute atomic E-state index is 12.8. The van der Waals surface area contributed by atoms with Gasteiger partial charge in [0.05, 0.1) is 17.6 Å². The molecule has 4 rings (SSSR count). The van der Waals surface area contributed by atoms with Crippen LogP contribution in [-0.2, 0) is 16.6 Å². The third-order valence-electron chi connectivity index (χ3n) is 5.53. The van der Waals surface area contributed by atoms with Crippen molar-refractivity contribution in [1.82, 2.24) is 0 Å². The van der Waals surface area contributed by atoms with Gasteiger partial charge >= 0.3 is 5.97 Å². The number of rotatable bonds is 4. The smallest absolute Gasteiger partial charge is 0.338 e. The zero-order valence-corrected chi connectivity index (χ0v) is 15.7. The monoisotopic (exact) mass is 380 g/mol. The Kier molecular flexibility index (Phi) is 4.90. The zero-order chi connectivity index (χ0) is 18.9. The van der Waals surface area contributed by atoms with Crippen molar-refractivity contribution in [3.63, 3.8) is 0 Å². The number of carbonyl (C=O) groups excluding carboxylic acids is 1. The third-order valence-corrected chi connectivity index (χ3v) is 5.77. The first-order chi connectivity index (χ1) is 13.1. The van der Waals surface area contributed by atoms with Gasteiger partial charge in [0.25, 0.3) is 0 Å². The maximum Gasteiger partial charge on any atom is 0.338 e. The Hall–Kier alpha value is -2.36. The molecule has 0 heterocycles. The lowest BCUT2D eigenvalue weighted by Gasteiger charge is -2.37. The van der Waals surface area contributed by atoms with Crippen LogP contribution in [0, 0.1) is 0 Å². The summed E-state index contributed by atoms with van der Waals surface area (Å²) in [4.78, 5) is 12.8. The van der Waals surface area contributed by atoms with E-state index >= 15 is 0 Å². The summed E-state index contributed by atoms with van der Waals surface area (Å²) in [5.74, 6) is -0.360. The highest BCUT2D eigenvalue weighted by Gasteiger charge is 2.37. The lowest BCUT2D eigenvalue weighted by atomic mass is 9.71. The molecule has 138 valence electrons. The van der Waals surface area contributed by atoms with Crippen molar-refractivity contribution < 1.29 is 14.6 Å². The summed E-state index contributed by atoms with van der Waals surface area (Å²) >= 11 is 6.13. The van der Waals surface area contributed by atoms with Gasteiger partial charge in [0, 0.05) is 5.02 Å². The van der Waals surface area contributed by atoms with Gasteiger partial charge in [-0.05, 0) is 59.4 Å². The molecule has 0 saturated heterocycles. The normalized spacial score (nSPS) is 18.9. The molecule has 0 aliphatic heterocycles. The number of benzene rings is 3. The minimum atomic E-state index is -0.571. The summed E-state index contributed by atoms with van der Waals surface area (Å²) in [6.45, 7) is 0.0879. The average molecular weight is 381 g/mol. The van der Waals surface area contributed by atoms with Crippen LogP contribution in [0.4, 0.5) is 0 Å². The second kappa shape index (κ2) is 7.34. The number of aliphatic hydroxyl groups excluding tert-OH is 1. The molecule has 0 radical (unpaired) electrons. The predicted octanol–water partition coefficient (Wildman–Crippen LogP) is 4.92. The number of hydrogen-bond donors (Lipinski definition) is 1. The number of aliphatic hydroxyl groups is 1. The van der Waals surface area contributed by atoms with Crippen molar-refractivity contribution in [2.45, 2.75) is 24.7 Å². The Bertz CT molecular complexity index is 993. The molecule has 1 aliphatic rings. The van der Waals surface area contributed by atoms with Gasteiger partial charge in [-0.3, -0.25) is 0 Å². The van der Waals surface area contributed by atoms with E-state index in [2.05, 4.69) is 0 Å². The fraction of sp³-hybridized carbons (Fsp3) is 0.261. The number of esters is 1. The van der Waals surface area contributed by atoms with E-state index in [1.54, 1.807) is 6.07 Å². The van der Waals surface area contributed by atoms with Crippen LogP contribution < -0.4 is 0 Å². The molecule has 0 fully saturated rings. The van der Waals surface area contributed by atoms with Crippen LogP contribution in [0.3, 0.4) is 0 Å². The average Bonchev–Trinajstić information content (AvgIpc) is 2.71. The van der Waals surface area contributed by atoms with Crippen LogP contribution in [0.5, 0.6) is 0 Å². The molecule has 0 bridgehead atoms. The molecule has 3 nitrogen and oxygen atoms in total. The van der Waals surface area contributed by atoms with Gasteiger partial charge in [-0.2, -0.15) is 0 Å². The van der Waals surface area contributed by atoms with Gasteiger partial charge in [-0.15, -0.1) is 0 Å². The zero-order valence-electron chi connectivity index (χ0n) is 15.0. The van der Waals surface area contributed by atoms with Crippen LogP contribution in [-0.4, -0.2) is 24.3 Å². The molecular formula is C23H21ClO3. The largest absolute Gasteiger partial charge is 0.461 e. The van der Waals surface area contributed by atoms with Crippen molar-refractivity contribution in [3.05, 3.63) is 82.4 Å². The van der Waals surface area contributed by atoms with E-state index in [0.29, 0.717) is 10.6 Å². The van der Waals surface area contributed by atoms with Crippen LogP contribution in [0.15, 0.2) is 60.7 Å². The molecule has 4 heteroatoms. The van der Waals surface area contributed by atoms with E-state index in [9.17, 15) is 9.90 Å². The van der Waals surface area contributed by atoms with Crippen molar-refractivity contribution in [2.24, 2.45) is 0 Å². The van der Waals surface area contributed by atoms with Crippen molar-refractivity contribution >= 4 is 28.3 Å². The summed E-state index contributed by atoms with van der Waals surface area (Å²) < 4.78 is 5.73. The molecule has 3 aromatic carbocycles. The standard InChI is InChI=1S/C23H21ClO3/c24-18-10-11-21-17(13-18)7-4-12-23(21,14-25)15-27-22(26)20-9-3-6-16-5-1-2-8-19(16)20/h1-3,5-6,8-11,13,25H,4,7,12,14-15H2. The topological polar surface area (TPSA) is 46.5 Å². The van der Waals surface area contributed by atoms with Gasteiger partial charge in [0.2, 0.25) is 0 Å². The molecule has 0 amide bonds. The Labute approximate surface area is 163 Å². The molecule has 1 N–H and O–H groups in total. The fourth-order valence-corrected chi connectivity index (χ4v) is 4.28. The van der Waals surface area contributed by atoms with Crippen LogP contribution in [0.1, 0.15) is 34.3 Å². The minimum absolute atomic E-state index is 0.0650. The Balaban J connectivity index is 1.61. The van der Waals surface area contributed by atoms with Crippen LogP contribution in [0.25, 0.3) is 10.8 Å². The predicted molar refractivity (Wildman–Crippen MR) is 107 cm³/mol. The SMILES string of the molecule is O=C(OCC1(CO)CCCc2cc(Cl)ccc21)c1cccc2ccccc12. The third kappa shape index (κ3) is 3.33. The van der Waals surface area contributed by atoms with E-state index in [4.69, 9.17) is 16.3 Å². The quantitative estimate of drug-likeness (QED) is 0.654. The fourth-order valence-electron chi connectivity index (χ4n) is 4.08. The van der Waals surface area contributed by atoms with E-state index in [-0.39, 0.29) is 19.2 Å². The van der Waals surface area contributed by atoms with Gasteiger partial charge in [-0.25, -0.2) is 4.79 Å². The highest BCUT2D eigenvalue weighted by molar-refractivity contribution is 6.30. The Morgan fingerprint density at radius 2 is 1.93 bits per heavy atom. The highest BCUT2D eigenvalue weighted by Crippen LogP contribution is 2.39. The van der Waals surface area contributed by atoms with Crippen molar-refractivity contribution in [3.8, 4) is 0 Å². The molecule has 0 saturated carbocycles. The van der Waals surface area contributed by atoms with Crippen molar-refractivity contribution in [2.75, 3.05) is 13.2 Å². The molecule has 27 heavy (non-hydrogen) atoms. The number of carbonyl (C=O) groups is 1. The first-order valence-electron chi connectivity index (χ1n) is 9.18. The van der Waals surface area contributed by atoms with Gasteiger partial charge < -0.3 is 9.84 Å². The summed E-state index contributed by atoms with van der Waals surface area (Å²) in [6.07, 6.45) is 2.63. The maximum atomic E-state index is 12.8. The van der Waals surface area contributed by atoms with Gasteiger partial charge in [-0.1, -0.05) is 54.1 Å². The van der Waals surface area contributed by atoms with E-state index < -0.39 is 5.41 Å². The molecule has 1 unspecified atom stereocenters. The van der Waals surface area contributed by atoms with E-state index in [1.165, 1.54) is 0 Å². The number of hydrogen-bond acceptors (Lipinski definition) is 3. The van der Waals surface area contributed by atoms with Gasteiger partial charge in [0.15, 0.2) is 0 Å². The second-order valence-electron chi connectivity index (χ2n) is 7.20. The molecule has 1 aliphatic carbocycles. The van der Waals surface area contributed by atoms with E-state index in [1.807, 2.05) is 54.6 Å². The first kappa shape index (κ1) is 18.0. The highest BCUT2D eigenvalue weighted by atomic mass is 35.5. The molecular weight excluding hydrogens is 360 g/mol. The molecule has 3 aromatic rings. The van der Waals surface area contributed by atoms with Crippen molar-refractivity contribution in [1.29, 1.82) is 0 Å². The van der Waals surface area contributed by atoms with Crippen LogP contribution >= 0.6 is 11.6 Å². The van der Waals surface area contributed by atoms with Gasteiger partial charge in [0.1, 0.15) is 6.61 Å². The lowest BCUT2D eigenvalue weighted by molar-refractivity contribution is 0.0286. The summed E-state index contributed by atoms with van der Waals surface area (Å²) in [5, 5.41) is 12.8. The lowest BCUT2D eigenvalue weighted by Crippen LogP contribution is -2.40. The Morgan fingerprint density at radius 3 is 2.78 bits per heavy atom. The molecule has 1 atom stereocenters. The Morgan fingerprint density at radius 1 is 1.11 bits per heavy atom. The summed E-state index contributed by atoms with van der Waals surface area (Å²) in [6, 6.07) is 19.1. The number of halogens is 1. The molecule has 0 spiro atoms. The minimum Gasteiger partial charge on any atom is -0.461 e. The number of ether oxygens (including phenoxy) is 1. The second-order valence-corrected chi connectivity index (χ2v) is 7.63. The first-order valence-corrected chi connectivity index (χ1v) is 9.55. The summed E-state index contributed by atoms with van der Waals surface area (Å²) in [7, 11) is 0. The van der Waals surface area contributed by atoms with Crippen LogP contribution in [0.2, 0.25) is 5.02 Å². The number of aryl methyl sites for hydroxylation is 1. The summed E-state index contributed by atoms with van der Waals surface area (Å²) in [5.41, 5.74) is 2.14. The molecule has 0 aromatic heterocycles.